The van der Waals surface area contributed by atoms with Gasteiger partial charge in [0.2, 0.25) is 0 Å². The number of hydrogen-bond acceptors (Lipinski definition) is 4. The number of hydrogen-bond donors (Lipinski definition) is 2. The summed E-state index contributed by atoms with van der Waals surface area (Å²) in [6.07, 6.45) is 0. The lowest BCUT2D eigenvalue weighted by Crippen LogP contribution is -2.01. The second-order valence-corrected chi connectivity index (χ2v) is 6.49. The molecule has 0 heterocycles. The first-order valence-corrected chi connectivity index (χ1v) is 8.60. The maximum atomic E-state index is 13.4. The second-order valence-electron chi connectivity index (χ2n) is 5.37. The van der Waals surface area contributed by atoms with E-state index in [9.17, 15) is 9.50 Å². The number of nitrogens with one attached hydrogen (secondary N) is 1. The number of ether oxygens (including phenoxy) is 1. The van der Waals surface area contributed by atoms with Crippen LogP contribution in [0.4, 0.5) is 10.1 Å². The van der Waals surface area contributed by atoms with Crippen molar-refractivity contribution in [1.82, 2.24) is 0 Å². The Bertz CT molecular complexity index is 853. The molecule has 0 aromatic heterocycles. The van der Waals surface area contributed by atoms with Gasteiger partial charge in [-0.3, -0.25) is 0 Å². The minimum atomic E-state index is -0.633. The van der Waals surface area contributed by atoms with Crippen LogP contribution in [0.5, 0.6) is 11.5 Å². The van der Waals surface area contributed by atoms with Crippen molar-refractivity contribution in [2.24, 2.45) is 0 Å². The van der Waals surface area contributed by atoms with Gasteiger partial charge in [-0.15, -0.1) is 0 Å². The van der Waals surface area contributed by atoms with E-state index in [1.54, 1.807) is 31.0 Å². The number of anilines is 1. The van der Waals surface area contributed by atoms with Crippen molar-refractivity contribution in [3.05, 3.63) is 78.1 Å². The highest BCUT2D eigenvalue weighted by Crippen LogP contribution is 2.32. The normalized spacial score (nSPS) is 10.5. The number of halogens is 1. The fourth-order valence-electron chi connectivity index (χ4n) is 2.37. The number of phenols is 1. The summed E-state index contributed by atoms with van der Waals surface area (Å²) in [5.41, 5.74) is 1.44. The topological polar surface area (TPSA) is 41.5 Å². The summed E-state index contributed by atoms with van der Waals surface area (Å²) >= 11 is 1.64. The Kier molecular flexibility index (Phi) is 5.46. The van der Waals surface area contributed by atoms with E-state index >= 15 is 0 Å². The number of methoxy groups -OCH3 is 1. The molecule has 128 valence electrons. The summed E-state index contributed by atoms with van der Waals surface area (Å²) in [5, 5.41) is 12.9. The van der Waals surface area contributed by atoms with E-state index in [4.69, 9.17) is 4.74 Å². The first kappa shape index (κ1) is 17.2. The highest BCUT2D eigenvalue weighted by Gasteiger charge is 2.08. The van der Waals surface area contributed by atoms with Gasteiger partial charge in [0.25, 0.3) is 0 Å². The highest BCUT2D eigenvalue weighted by atomic mass is 32.2. The quantitative estimate of drug-likeness (QED) is 0.589. The van der Waals surface area contributed by atoms with Crippen molar-refractivity contribution in [3.8, 4) is 11.5 Å². The molecule has 0 aliphatic heterocycles. The Labute approximate surface area is 150 Å². The van der Waals surface area contributed by atoms with Crippen LogP contribution in [0.15, 0.2) is 76.5 Å². The average Bonchev–Trinajstić information content (AvgIpc) is 2.65. The monoisotopic (exact) mass is 355 g/mol. The molecule has 0 aliphatic carbocycles. The second kappa shape index (κ2) is 7.94. The van der Waals surface area contributed by atoms with E-state index in [1.807, 2.05) is 48.5 Å². The fraction of sp³-hybridized carbons (Fsp3) is 0.100. The van der Waals surface area contributed by atoms with Crippen molar-refractivity contribution < 1.29 is 14.2 Å². The van der Waals surface area contributed by atoms with Crippen molar-refractivity contribution >= 4 is 17.4 Å². The molecule has 3 rings (SSSR count). The van der Waals surface area contributed by atoms with E-state index in [0.717, 1.165) is 21.1 Å². The number of aromatic hydroxyl groups is 1. The molecule has 0 fully saturated rings. The lowest BCUT2D eigenvalue weighted by Gasteiger charge is -2.12. The zero-order valence-corrected chi connectivity index (χ0v) is 14.5. The summed E-state index contributed by atoms with van der Waals surface area (Å²) in [7, 11) is 1.64. The molecule has 3 aromatic rings. The predicted molar refractivity (Wildman–Crippen MR) is 99.0 cm³/mol. The molecule has 0 spiro atoms. The minimum Gasteiger partial charge on any atom is -0.503 e. The molecule has 0 amide bonds. The molecule has 0 unspecified atom stereocenters. The number of benzene rings is 3. The molecular formula is C20H18FNO2S. The van der Waals surface area contributed by atoms with Gasteiger partial charge in [-0.25, -0.2) is 4.39 Å². The minimum absolute atomic E-state index is 0.359. The smallest absolute Gasteiger partial charge is 0.174 e. The van der Waals surface area contributed by atoms with E-state index < -0.39 is 5.82 Å². The van der Waals surface area contributed by atoms with Crippen LogP contribution in [0.2, 0.25) is 0 Å². The Morgan fingerprint density at radius 3 is 2.52 bits per heavy atom. The molecular weight excluding hydrogens is 337 g/mol. The maximum absolute atomic E-state index is 13.4. The zero-order valence-electron chi connectivity index (χ0n) is 13.7. The van der Waals surface area contributed by atoms with Crippen molar-refractivity contribution in [2.75, 3.05) is 12.4 Å². The van der Waals surface area contributed by atoms with Crippen LogP contribution in [0.1, 0.15) is 5.56 Å². The zero-order chi connectivity index (χ0) is 17.6. The Hall–Kier alpha value is -2.66. The maximum Gasteiger partial charge on any atom is 0.174 e. The molecule has 0 aliphatic rings. The van der Waals surface area contributed by atoms with Gasteiger partial charge in [0.15, 0.2) is 11.6 Å². The van der Waals surface area contributed by atoms with Crippen molar-refractivity contribution in [2.45, 2.75) is 16.3 Å². The van der Waals surface area contributed by atoms with Gasteiger partial charge in [-0.05, 0) is 48.0 Å². The number of rotatable bonds is 6. The van der Waals surface area contributed by atoms with Gasteiger partial charge in [-0.1, -0.05) is 36.0 Å². The van der Waals surface area contributed by atoms with Gasteiger partial charge in [0.1, 0.15) is 5.75 Å². The molecule has 0 bridgehead atoms. The standard InChI is InChI=1S/C20H18FNO2S/c1-24-15-9-11-16(12-10-15)25-19-8-3-2-5-14(19)13-22-18-7-4-6-17(21)20(18)23/h2-12,22-23H,13H2,1H3. The van der Waals surface area contributed by atoms with E-state index in [0.29, 0.717) is 12.2 Å². The number of phenolic OH excluding ortho intramolecular Hbond substituents is 1. The van der Waals surface area contributed by atoms with Crippen LogP contribution in [0, 0.1) is 5.82 Å². The summed E-state index contributed by atoms with van der Waals surface area (Å²) in [4.78, 5) is 2.19. The first-order valence-electron chi connectivity index (χ1n) is 7.78. The summed E-state index contributed by atoms with van der Waals surface area (Å²) in [5.74, 6) is -0.172. The molecule has 0 saturated heterocycles. The van der Waals surface area contributed by atoms with Gasteiger partial charge < -0.3 is 15.2 Å². The van der Waals surface area contributed by atoms with Crippen LogP contribution in [-0.2, 0) is 6.54 Å². The largest absolute Gasteiger partial charge is 0.503 e. The molecule has 5 heteroatoms. The predicted octanol–water partition coefficient (Wildman–Crippen LogP) is 5.30. The molecule has 0 saturated carbocycles. The summed E-state index contributed by atoms with van der Waals surface area (Å²) in [6.45, 7) is 0.482. The Morgan fingerprint density at radius 1 is 1.00 bits per heavy atom. The molecule has 0 radical (unpaired) electrons. The van der Waals surface area contributed by atoms with Gasteiger partial charge in [0, 0.05) is 16.3 Å². The van der Waals surface area contributed by atoms with Crippen LogP contribution in [-0.4, -0.2) is 12.2 Å². The van der Waals surface area contributed by atoms with Crippen LogP contribution in [0.25, 0.3) is 0 Å². The Balaban J connectivity index is 1.75. The number of para-hydroxylation sites is 1. The molecule has 3 nitrogen and oxygen atoms in total. The summed E-state index contributed by atoms with van der Waals surface area (Å²) in [6, 6.07) is 20.3. The highest BCUT2D eigenvalue weighted by molar-refractivity contribution is 7.99. The first-order chi connectivity index (χ1) is 12.2. The Morgan fingerprint density at radius 2 is 1.76 bits per heavy atom. The van der Waals surface area contributed by atoms with Gasteiger partial charge in [0.05, 0.1) is 12.8 Å². The van der Waals surface area contributed by atoms with Crippen LogP contribution in [0.3, 0.4) is 0 Å². The fourth-order valence-corrected chi connectivity index (χ4v) is 3.31. The van der Waals surface area contributed by atoms with E-state index in [2.05, 4.69) is 5.32 Å². The SMILES string of the molecule is COc1ccc(Sc2ccccc2CNc2cccc(F)c2O)cc1. The van der Waals surface area contributed by atoms with Gasteiger partial charge >= 0.3 is 0 Å². The third-order valence-electron chi connectivity index (χ3n) is 3.72. The third kappa shape index (κ3) is 4.25. The van der Waals surface area contributed by atoms with Crippen LogP contribution < -0.4 is 10.1 Å². The van der Waals surface area contributed by atoms with E-state index in [-0.39, 0.29) is 5.75 Å². The molecule has 0 atom stereocenters. The molecule has 2 N–H and O–H groups in total. The van der Waals surface area contributed by atoms with E-state index in [1.165, 1.54) is 6.07 Å². The molecule has 25 heavy (non-hydrogen) atoms. The lowest BCUT2D eigenvalue weighted by atomic mass is 10.2. The summed E-state index contributed by atoms with van der Waals surface area (Å²) < 4.78 is 18.6. The molecule has 3 aromatic carbocycles. The van der Waals surface area contributed by atoms with Crippen molar-refractivity contribution in [1.29, 1.82) is 0 Å². The van der Waals surface area contributed by atoms with Gasteiger partial charge in [-0.2, -0.15) is 0 Å². The lowest BCUT2D eigenvalue weighted by molar-refractivity contribution is 0.414. The third-order valence-corrected chi connectivity index (χ3v) is 4.84. The van der Waals surface area contributed by atoms with Crippen molar-refractivity contribution in [3.63, 3.8) is 0 Å². The van der Waals surface area contributed by atoms with Crippen LogP contribution >= 0.6 is 11.8 Å². The average molecular weight is 355 g/mol.